The van der Waals surface area contributed by atoms with E-state index >= 15 is 0 Å². The zero-order valence-corrected chi connectivity index (χ0v) is 22.2. The lowest BCUT2D eigenvalue weighted by Crippen LogP contribution is -2.38. The number of carbonyl (C=O) groups excluding carboxylic acids is 2. The van der Waals surface area contributed by atoms with E-state index in [1.807, 2.05) is 42.2 Å². The fraction of sp³-hybridized carbons (Fsp3) is 0.276. The summed E-state index contributed by atoms with van der Waals surface area (Å²) in [5, 5.41) is 14.7. The van der Waals surface area contributed by atoms with Gasteiger partial charge in [-0.1, -0.05) is 24.3 Å². The number of aromatic carboxylic acids is 1. The fourth-order valence-electron chi connectivity index (χ4n) is 4.44. The van der Waals surface area contributed by atoms with Crippen molar-refractivity contribution in [2.75, 3.05) is 30.0 Å². The Morgan fingerprint density at radius 2 is 1.76 bits per heavy atom. The molecule has 0 spiro atoms. The highest BCUT2D eigenvalue weighted by molar-refractivity contribution is 7.99. The number of para-hydroxylation sites is 1. The summed E-state index contributed by atoms with van der Waals surface area (Å²) in [6.45, 7) is 2.64. The van der Waals surface area contributed by atoms with E-state index in [-0.39, 0.29) is 30.0 Å². The second-order valence-corrected chi connectivity index (χ2v) is 10.2. The Balaban J connectivity index is 1.34. The van der Waals surface area contributed by atoms with E-state index in [0.29, 0.717) is 11.4 Å². The molecule has 1 fully saturated rings. The Morgan fingerprint density at radius 3 is 2.47 bits per heavy atom. The lowest BCUT2D eigenvalue weighted by Gasteiger charge is -2.25. The fourth-order valence-corrected chi connectivity index (χ4v) is 5.50. The molecular formula is C29H31N3O5S. The molecule has 3 aromatic rings. The van der Waals surface area contributed by atoms with Gasteiger partial charge in [-0.25, -0.2) is 9.59 Å². The molecule has 9 heteroatoms. The van der Waals surface area contributed by atoms with E-state index in [0.717, 1.165) is 46.8 Å². The minimum Gasteiger partial charge on any atom is -0.495 e. The van der Waals surface area contributed by atoms with Crippen molar-refractivity contribution in [2.24, 2.45) is 0 Å². The van der Waals surface area contributed by atoms with Gasteiger partial charge in [0.1, 0.15) is 5.75 Å². The van der Waals surface area contributed by atoms with Gasteiger partial charge in [0.05, 0.1) is 24.8 Å². The first-order valence-electron chi connectivity index (χ1n) is 12.4. The smallest absolute Gasteiger partial charge is 0.335 e. The zero-order chi connectivity index (χ0) is 27.1. The lowest BCUT2D eigenvalue weighted by molar-refractivity contribution is -0.130. The molecule has 3 amide bonds. The largest absolute Gasteiger partial charge is 0.495 e. The molecule has 1 saturated heterocycles. The van der Waals surface area contributed by atoms with Crippen LogP contribution >= 0.6 is 11.8 Å². The molecule has 38 heavy (non-hydrogen) atoms. The number of nitrogens with zero attached hydrogens (tertiary/aromatic N) is 1. The number of carboxylic acid groups (broad SMARTS) is 1. The second-order valence-electron chi connectivity index (χ2n) is 9.13. The van der Waals surface area contributed by atoms with Gasteiger partial charge in [0, 0.05) is 28.9 Å². The number of likely N-dealkylation sites (tertiary alicyclic amines) is 1. The number of rotatable bonds is 9. The number of thioether (sulfide) groups is 1. The van der Waals surface area contributed by atoms with E-state index in [1.54, 1.807) is 48.2 Å². The van der Waals surface area contributed by atoms with Gasteiger partial charge in [-0.15, -0.1) is 11.8 Å². The Kier molecular flexibility index (Phi) is 8.91. The van der Waals surface area contributed by atoms with Crippen LogP contribution in [0.15, 0.2) is 71.6 Å². The molecule has 1 aliphatic heterocycles. The summed E-state index contributed by atoms with van der Waals surface area (Å²) in [4.78, 5) is 39.7. The van der Waals surface area contributed by atoms with E-state index < -0.39 is 5.97 Å². The summed E-state index contributed by atoms with van der Waals surface area (Å²) < 4.78 is 5.49. The number of anilines is 2. The number of benzene rings is 3. The lowest BCUT2D eigenvalue weighted by atomic mass is 10.1. The highest BCUT2D eigenvalue weighted by Crippen LogP contribution is 2.29. The van der Waals surface area contributed by atoms with Crippen LogP contribution in [0.1, 0.15) is 34.3 Å². The Morgan fingerprint density at radius 1 is 1.03 bits per heavy atom. The monoisotopic (exact) mass is 533 g/mol. The maximum Gasteiger partial charge on any atom is 0.335 e. The van der Waals surface area contributed by atoms with Crippen molar-refractivity contribution in [3.63, 3.8) is 0 Å². The van der Waals surface area contributed by atoms with E-state index in [1.165, 1.54) is 7.11 Å². The summed E-state index contributed by atoms with van der Waals surface area (Å²) in [5.41, 5.74) is 3.26. The predicted octanol–water partition coefficient (Wildman–Crippen LogP) is 5.67. The summed E-state index contributed by atoms with van der Waals surface area (Å²) in [5.74, 6) is 0.336. The van der Waals surface area contributed by atoms with Gasteiger partial charge in [0.25, 0.3) is 0 Å². The summed E-state index contributed by atoms with van der Waals surface area (Å²) in [6.07, 6.45) is 2.13. The molecule has 0 radical (unpaired) electrons. The van der Waals surface area contributed by atoms with Crippen molar-refractivity contribution in [1.29, 1.82) is 0 Å². The van der Waals surface area contributed by atoms with E-state index in [4.69, 9.17) is 9.84 Å². The summed E-state index contributed by atoms with van der Waals surface area (Å²) >= 11 is 1.63. The van der Waals surface area contributed by atoms with Crippen molar-refractivity contribution in [2.45, 2.75) is 37.1 Å². The maximum atomic E-state index is 13.2. The third-order valence-electron chi connectivity index (χ3n) is 6.50. The van der Waals surface area contributed by atoms with Gasteiger partial charge < -0.3 is 25.4 Å². The van der Waals surface area contributed by atoms with Gasteiger partial charge in [-0.3, -0.25) is 4.79 Å². The average Bonchev–Trinajstić information content (AvgIpc) is 3.39. The number of hydrogen-bond donors (Lipinski definition) is 3. The van der Waals surface area contributed by atoms with Gasteiger partial charge in [0.2, 0.25) is 5.91 Å². The number of carboxylic acids is 1. The first-order valence-corrected chi connectivity index (χ1v) is 13.4. The zero-order valence-electron chi connectivity index (χ0n) is 21.4. The molecule has 1 aliphatic rings. The Bertz CT molecular complexity index is 1310. The second kappa shape index (κ2) is 12.5. The molecule has 0 saturated carbocycles. The SMILES string of the molecule is COc1cc(CC(=O)N2CCC[C@H]2CSc2ccc(C(=O)O)cc2)ccc1NC(=O)Nc1ccccc1C. The summed E-state index contributed by atoms with van der Waals surface area (Å²) in [7, 11) is 1.53. The third-order valence-corrected chi connectivity index (χ3v) is 7.66. The van der Waals surface area contributed by atoms with Crippen molar-refractivity contribution >= 4 is 41.0 Å². The number of carbonyl (C=O) groups is 3. The molecule has 0 unspecified atom stereocenters. The van der Waals surface area contributed by atoms with Crippen molar-refractivity contribution in [3.05, 3.63) is 83.4 Å². The van der Waals surface area contributed by atoms with Crippen LogP contribution in [-0.2, 0) is 11.2 Å². The van der Waals surface area contributed by atoms with Crippen LogP contribution in [0.25, 0.3) is 0 Å². The number of methoxy groups -OCH3 is 1. The predicted molar refractivity (Wildman–Crippen MR) is 149 cm³/mol. The van der Waals surface area contributed by atoms with Crippen LogP contribution in [0.4, 0.5) is 16.2 Å². The average molecular weight is 534 g/mol. The van der Waals surface area contributed by atoms with Crippen LogP contribution in [0.2, 0.25) is 0 Å². The molecule has 3 aromatic carbocycles. The molecule has 8 nitrogen and oxygen atoms in total. The first kappa shape index (κ1) is 27.1. The van der Waals surface area contributed by atoms with Crippen LogP contribution in [0, 0.1) is 6.92 Å². The van der Waals surface area contributed by atoms with Crippen LogP contribution in [0.3, 0.4) is 0 Å². The van der Waals surface area contributed by atoms with Crippen LogP contribution in [-0.4, -0.2) is 53.4 Å². The normalized spacial score (nSPS) is 14.7. The van der Waals surface area contributed by atoms with Crippen LogP contribution in [0.5, 0.6) is 5.75 Å². The molecular weight excluding hydrogens is 502 g/mol. The number of ether oxygens (including phenoxy) is 1. The Hall–Kier alpha value is -3.98. The van der Waals surface area contributed by atoms with Crippen molar-refractivity contribution < 1.29 is 24.2 Å². The molecule has 4 rings (SSSR count). The van der Waals surface area contributed by atoms with Gasteiger partial charge in [-0.05, 0) is 73.4 Å². The number of urea groups is 1. The Labute approximate surface area is 226 Å². The highest BCUT2D eigenvalue weighted by Gasteiger charge is 2.28. The molecule has 1 atom stereocenters. The van der Waals surface area contributed by atoms with Crippen molar-refractivity contribution in [3.8, 4) is 5.75 Å². The molecule has 0 aromatic heterocycles. The van der Waals surface area contributed by atoms with Gasteiger partial charge in [-0.2, -0.15) is 0 Å². The quantitative estimate of drug-likeness (QED) is 0.306. The van der Waals surface area contributed by atoms with E-state index in [2.05, 4.69) is 10.6 Å². The minimum atomic E-state index is -0.944. The number of nitrogens with one attached hydrogen (secondary N) is 2. The third kappa shape index (κ3) is 6.86. The maximum absolute atomic E-state index is 13.2. The summed E-state index contributed by atoms with van der Waals surface area (Å²) in [6, 6.07) is 19.4. The molecule has 1 heterocycles. The van der Waals surface area contributed by atoms with Crippen LogP contribution < -0.4 is 15.4 Å². The molecule has 0 bridgehead atoms. The minimum absolute atomic E-state index is 0.0504. The molecule has 198 valence electrons. The van der Waals surface area contributed by atoms with Gasteiger partial charge >= 0.3 is 12.0 Å². The van der Waals surface area contributed by atoms with Gasteiger partial charge in [0.15, 0.2) is 0 Å². The number of aryl methyl sites for hydroxylation is 1. The van der Waals surface area contributed by atoms with E-state index in [9.17, 15) is 14.4 Å². The first-order chi connectivity index (χ1) is 18.3. The number of hydrogen-bond acceptors (Lipinski definition) is 5. The molecule has 0 aliphatic carbocycles. The number of amides is 3. The van der Waals surface area contributed by atoms with Crippen molar-refractivity contribution in [1.82, 2.24) is 4.90 Å². The highest BCUT2D eigenvalue weighted by atomic mass is 32.2. The molecule has 3 N–H and O–H groups in total. The standard InChI is InChI=1S/C29H31N3O5S/c1-19-6-3-4-8-24(19)30-29(36)31-25-14-9-20(16-26(25)37-2)17-27(33)32-15-5-7-22(32)18-38-23-12-10-21(11-13-23)28(34)35/h3-4,6,8-14,16,22H,5,7,15,17-18H2,1-2H3,(H,34,35)(H2,30,31,36)/t22-/m0/s1. The topological polar surface area (TPSA) is 108 Å².